The van der Waals surface area contributed by atoms with Crippen molar-refractivity contribution in [1.82, 2.24) is 9.88 Å². The van der Waals surface area contributed by atoms with Gasteiger partial charge in [0.05, 0.1) is 17.1 Å². The molecule has 142 valence electrons. The summed E-state index contributed by atoms with van der Waals surface area (Å²) in [5, 5.41) is 13.1. The van der Waals surface area contributed by atoms with Crippen molar-refractivity contribution in [2.24, 2.45) is 0 Å². The van der Waals surface area contributed by atoms with Crippen LogP contribution in [0, 0.1) is 11.3 Å². The number of hydrogen-bond donors (Lipinski definition) is 1. The largest absolute Gasteiger partial charge is 0.444 e. The van der Waals surface area contributed by atoms with Gasteiger partial charge in [0, 0.05) is 18.2 Å². The second kappa shape index (κ2) is 7.43. The fraction of sp³-hybridized carbons (Fsp3) is 0.476. The molecule has 0 spiro atoms. The van der Waals surface area contributed by atoms with E-state index in [2.05, 4.69) is 11.4 Å². The Kier molecular flexibility index (Phi) is 5.22. The molecular formula is C21H25N3O3. The van der Waals surface area contributed by atoms with Gasteiger partial charge in [-0.2, -0.15) is 5.26 Å². The predicted octanol–water partition coefficient (Wildman–Crippen LogP) is 3.88. The molecule has 0 bridgehead atoms. The summed E-state index contributed by atoms with van der Waals surface area (Å²) in [6.45, 7) is 5.52. The number of hydrogen-bond acceptors (Lipinski definition) is 4. The summed E-state index contributed by atoms with van der Waals surface area (Å²) in [6.07, 6.45) is 2.74. The third-order valence-electron chi connectivity index (χ3n) is 4.84. The maximum Gasteiger partial charge on any atom is 0.407 e. The SMILES string of the molecule is CC(C)(C)OC(=O)N[C@H]1CC[C@H](n2c(=O)ccc3ccc(C#N)cc32)CC1. The number of ether oxygens (including phenoxy) is 1. The number of amides is 1. The van der Waals surface area contributed by atoms with E-state index in [0.29, 0.717) is 5.56 Å². The van der Waals surface area contributed by atoms with Gasteiger partial charge < -0.3 is 14.6 Å². The zero-order valence-corrected chi connectivity index (χ0v) is 16.0. The summed E-state index contributed by atoms with van der Waals surface area (Å²) in [7, 11) is 0. The molecule has 1 aromatic carbocycles. The van der Waals surface area contributed by atoms with Crippen LogP contribution >= 0.6 is 0 Å². The van der Waals surface area contributed by atoms with Crippen LogP contribution < -0.4 is 10.9 Å². The minimum absolute atomic E-state index is 0.0523. The first-order valence-corrected chi connectivity index (χ1v) is 9.32. The molecule has 1 fully saturated rings. The van der Waals surface area contributed by atoms with Gasteiger partial charge in [-0.3, -0.25) is 4.79 Å². The number of alkyl carbamates (subject to hydrolysis) is 1. The molecule has 1 aromatic heterocycles. The number of benzene rings is 1. The van der Waals surface area contributed by atoms with Crippen molar-refractivity contribution in [3.8, 4) is 6.07 Å². The van der Waals surface area contributed by atoms with Gasteiger partial charge in [-0.05, 0) is 70.0 Å². The van der Waals surface area contributed by atoms with Crippen molar-refractivity contribution in [2.45, 2.75) is 64.1 Å². The monoisotopic (exact) mass is 367 g/mol. The summed E-state index contributed by atoms with van der Waals surface area (Å²) in [6, 6.07) is 11.0. The Labute approximate surface area is 158 Å². The van der Waals surface area contributed by atoms with Crippen molar-refractivity contribution in [1.29, 1.82) is 5.26 Å². The normalized spacial score (nSPS) is 20.1. The van der Waals surface area contributed by atoms with E-state index in [-0.39, 0.29) is 17.6 Å². The summed E-state index contributed by atoms with van der Waals surface area (Å²) in [5.41, 5.74) is 0.768. The Morgan fingerprint density at radius 3 is 2.48 bits per heavy atom. The quantitative estimate of drug-likeness (QED) is 0.873. The molecule has 0 saturated heterocycles. The fourth-order valence-electron chi connectivity index (χ4n) is 3.65. The van der Waals surface area contributed by atoms with Crippen LogP contribution in [0.1, 0.15) is 58.1 Å². The lowest BCUT2D eigenvalue weighted by Crippen LogP contribution is -2.41. The number of fused-ring (bicyclic) bond motifs is 1. The molecule has 1 amide bonds. The molecular weight excluding hydrogens is 342 g/mol. The Morgan fingerprint density at radius 1 is 1.19 bits per heavy atom. The van der Waals surface area contributed by atoms with Crippen LogP contribution in [0.5, 0.6) is 0 Å². The molecule has 0 radical (unpaired) electrons. The fourth-order valence-corrected chi connectivity index (χ4v) is 3.65. The second-order valence-electron chi connectivity index (χ2n) is 8.08. The summed E-state index contributed by atoms with van der Waals surface area (Å²) < 4.78 is 7.12. The molecule has 27 heavy (non-hydrogen) atoms. The average molecular weight is 367 g/mol. The molecule has 6 heteroatoms. The van der Waals surface area contributed by atoms with E-state index in [0.717, 1.165) is 36.6 Å². The molecule has 0 atom stereocenters. The highest BCUT2D eigenvalue weighted by Crippen LogP contribution is 2.30. The number of rotatable bonds is 2. The first-order valence-electron chi connectivity index (χ1n) is 9.32. The second-order valence-corrected chi connectivity index (χ2v) is 8.08. The topological polar surface area (TPSA) is 84.1 Å². The van der Waals surface area contributed by atoms with Gasteiger partial charge in [-0.25, -0.2) is 4.79 Å². The zero-order chi connectivity index (χ0) is 19.6. The van der Waals surface area contributed by atoms with E-state index in [1.807, 2.05) is 26.8 Å². The first kappa shape index (κ1) is 19.0. The van der Waals surface area contributed by atoms with Crippen molar-refractivity contribution in [3.05, 3.63) is 46.2 Å². The number of nitriles is 1. The van der Waals surface area contributed by atoms with E-state index >= 15 is 0 Å². The van der Waals surface area contributed by atoms with E-state index in [1.54, 1.807) is 28.8 Å². The molecule has 1 heterocycles. The molecule has 1 aliphatic carbocycles. The van der Waals surface area contributed by atoms with Crippen LogP contribution in [0.3, 0.4) is 0 Å². The lowest BCUT2D eigenvalue weighted by atomic mass is 9.90. The van der Waals surface area contributed by atoms with Gasteiger partial charge >= 0.3 is 6.09 Å². The van der Waals surface area contributed by atoms with Gasteiger partial charge in [0.15, 0.2) is 0 Å². The molecule has 2 aromatic rings. The highest BCUT2D eigenvalue weighted by Gasteiger charge is 2.26. The van der Waals surface area contributed by atoms with E-state index < -0.39 is 11.7 Å². The molecule has 3 rings (SSSR count). The van der Waals surface area contributed by atoms with Crippen molar-refractivity contribution >= 4 is 17.0 Å². The van der Waals surface area contributed by atoms with Crippen LogP contribution in [0.4, 0.5) is 4.79 Å². The predicted molar refractivity (Wildman–Crippen MR) is 104 cm³/mol. The summed E-state index contributed by atoms with van der Waals surface area (Å²) in [5.74, 6) is 0. The molecule has 0 aliphatic heterocycles. The van der Waals surface area contributed by atoms with E-state index in [9.17, 15) is 14.9 Å². The molecule has 6 nitrogen and oxygen atoms in total. The number of pyridine rings is 1. The third-order valence-corrected chi connectivity index (χ3v) is 4.84. The van der Waals surface area contributed by atoms with Crippen LogP contribution in [0.2, 0.25) is 0 Å². The maximum absolute atomic E-state index is 12.5. The van der Waals surface area contributed by atoms with E-state index in [1.165, 1.54) is 0 Å². The smallest absolute Gasteiger partial charge is 0.407 e. The summed E-state index contributed by atoms with van der Waals surface area (Å²) in [4.78, 5) is 24.5. The molecule has 0 unspecified atom stereocenters. The Hall–Kier alpha value is -2.81. The lowest BCUT2D eigenvalue weighted by molar-refractivity contribution is 0.0488. The lowest BCUT2D eigenvalue weighted by Gasteiger charge is -2.31. The highest BCUT2D eigenvalue weighted by molar-refractivity contribution is 5.80. The number of carbonyl (C=O) groups excluding carboxylic acids is 1. The molecule has 1 N–H and O–H groups in total. The first-order chi connectivity index (χ1) is 12.8. The summed E-state index contributed by atoms with van der Waals surface area (Å²) >= 11 is 0. The Balaban J connectivity index is 1.75. The standard InChI is InChI=1S/C21H25N3O3/c1-21(2,3)27-20(26)23-16-7-9-17(10-8-16)24-18-12-14(13-22)4-5-15(18)6-11-19(24)25/h4-6,11-12,16-17H,7-10H2,1-3H3,(H,23,26)/t16-,17-. The van der Waals surface area contributed by atoms with Crippen molar-refractivity contribution < 1.29 is 9.53 Å². The highest BCUT2D eigenvalue weighted by atomic mass is 16.6. The number of nitrogens with one attached hydrogen (secondary N) is 1. The van der Waals surface area contributed by atoms with Gasteiger partial charge in [0.2, 0.25) is 0 Å². The van der Waals surface area contributed by atoms with Crippen molar-refractivity contribution in [3.63, 3.8) is 0 Å². The maximum atomic E-state index is 12.5. The Bertz CT molecular complexity index is 942. The third kappa shape index (κ3) is 4.48. The minimum atomic E-state index is -0.518. The van der Waals surface area contributed by atoms with Crippen LogP contribution in [0.25, 0.3) is 10.9 Å². The van der Waals surface area contributed by atoms with Gasteiger partial charge in [0.25, 0.3) is 5.56 Å². The zero-order valence-electron chi connectivity index (χ0n) is 16.0. The number of nitrogens with zero attached hydrogens (tertiary/aromatic N) is 2. The van der Waals surface area contributed by atoms with Crippen LogP contribution in [0.15, 0.2) is 35.1 Å². The molecule has 1 aliphatic rings. The number of aromatic nitrogens is 1. The number of carbonyl (C=O) groups is 1. The van der Waals surface area contributed by atoms with Gasteiger partial charge in [0.1, 0.15) is 5.60 Å². The molecule has 1 saturated carbocycles. The Morgan fingerprint density at radius 2 is 1.85 bits per heavy atom. The van der Waals surface area contributed by atoms with Crippen molar-refractivity contribution in [2.75, 3.05) is 0 Å². The van der Waals surface area contributed by atoms with Gasteiger partial charge in [-0.1, -0.05) is 6.07 Å². The average Bonchev–Trinajstić information content (AvgIpc) is 2.60. The van der Waals surface area contributed by atoms with Crippen LogP contribution in [-0.4, -0.2) is 22.3 Å². The van der Waals surface area contributed by atoms with Gasteiger partial charge in [-0.15, -0.1) is 0 Å². The minimum Gasteiger partial charge on any atom is -0.444 e. The van der Waals surface area contributed by atoms with E-state index in [4.69, 9.17) is 4.74 Å². The van der Waals surface area contributed by atoms with Crippen LogP contribution in [-0.2, 0) is 4.74 Å².